The van der Waals surface area contributed by atoms with E-state index < -0.39 is 0 Å². The Bertz CT molecular complexity index is 378. The smallest absolute Gasteiger partial charge is 0.159 e. The number of aryl methyl sites for hydroxylation is 1. The standard InChI is InChI=1S/C9H10N3/c1-2-6-12-7-11-8-4-3-5-10-9(8)12/h3-5,7H,1-2,6H2. The van der Waals surface area contributed by atoms with E-state index in [1.807, 2.05) is 23.0 Å². The highest BCUT2D eigenvalue weighted by Crippen LogP contribution is 2.08. The zero-order chi connectivity index (χ0) is 8.39. The van der Waals surface area contributed by atoms with Gasteiger partial charge in [-0.2, -0.15) is 0 Å². The number of fused-ring (bicyclic) bond motifs is 1. The van der Waals surface area contributed by atoms with E-state index in [1.54, 1.807) is 6.20 Å². The van der Waals surface area contributed by atoms with Crippen molar-refractivity contribution in [2.75, 3.05) is 0 Å². The van der Waals surface area contributed by atoms with Crippen LogP contribution >= 0.6 is 0 Å². The molecular formula is C9H10N3. The maximum absolute atomic E-state index is 4.23. The molecule has 3 heteroatoms. The molecule has 2 rings (SSSR count). The molecule has 12 heavy (non-hydrogen) atoms. The van der Waals surface area contributed by atoms with Gasteiger partial charge in [0.1, 0.15) is 5.52 Å². The summed E-state index contributed by atoms with van der Waals surface area (Å²) in [5.74, 6) is 0. The van der Waals surface area contributed by atoms with Crippen LogP contribution in [0.4, 0.5) is 0 Å². The Hall–Kier alpha value is -1.38. The highest BCUT2D eigenvalue weighted by Gasteiger charge is 1.99. The lowest BCUT2D eigenvalue weighted by atomic mass is 10.4. The minimum Gasteiger partial charge on any atom is -0.315 e. The van der Waals surface area contributed by atoms with E-state index in [2.05, 4.69) is 16.9 Å². The molecular weight excluding hydrogens is 150 g/mol. The van der Waals surface area contributed by atoms with Crippen LogP contribution in [-0.2, 0) is 6.54 Å². The molecule has 0 unspecified atom stereocenters. The molecule has 0 aliphatic carbocycles. The molecule has 2 heterocycles. The molecule has 0 aliphatic rings. The average molecular weight is 160 g/mol. The van der Waals surface area contributed by atoms with E-state index in [9.17, 15) is 0 Å². The Labute approximate surface area is 71.1 Å². The number of nitrogens with zero attached hydrogens (tertiary/aromatic N) is 3. The molecule has 0 saturated carbocycles. The third-order valence-corrected chi connectivity index (χ3v) is 1.77. The van der Waals surface area contributed by atoms with Gasteiger partial charge >= 0.3 is 0 Å². The Kier molecular flexibility index (Phi) is 1.78. The van der Waals surface area contributed by atoms with Gasteiger partial charge in [0.25, 0.3) is 0 Å². The van der Waals surface area contributed by atoms with Gasteiger partial charge in [-0.25, -0.2) is 9.97 Å². The van der Waals surface area contributed by atoms with Crippen LogP contribution in [-0.4, -0.2) is 14.5 Å². The molecule has 0 spiro atoms. The molecule has 0 N–H and O–H groups in total. The second kappa shape index (κ2) is 2.93. The lowest BCUT2D eigenvalue weighted by Gasteiger charge is -1.98. The lowest BCUT2D eigenvalue weighted by Crippen LogP contribution is -1.95. The largest absolute Gasteiger partial charge is 0.315 e. The van der Waals surface area contributed by atoms with E-state index >= 15 is 0 Å². The Morgan fingerprint density at radius 2 is 2.33 bits per heavy atom. The summed E-state index contributed by atoms with van der Waals surface area (Å²) < 4.78 is 2.02. The second-order valence-electron chi connectivity index (χ2n) is 2.64. The van der Waals surface area contributed by atoms with Gasteiger partial charge in [-0.1, -0.05) is 6.92 Å². The fourth-order valence-corrected chi connectivity index (χ4v) is 1.23. The summed E-state index contributed by atoms with van der Waals surface area (Å²) in [6.45, 7) is 4.67. The molecule has 2 aromatic heterocycles. The predicted octanol–water partition coefficient (Wildman–Crippen LogP) is 1.66. The van der Waals surface area contributed by atoms with Crippen LogP contribution in [0, 0.1) is 6.92 Å². The van der Waals surface area contributed by atoms with Gasteiger partial charge in [-0.3, -0.25) is 0 Å². The Balaban J connectivity index is 2.55. The second-order valence-corrected chi connectivity index (χ2v) is 2.64. The molecule has 0 saturated heterocycles. The SMILES string of the molecule is [CH2]CCn1cnc2cccnc21. The van der Waals surface area contributed by atoms with E-state index in [-0.39, 0.29) is 0 Å². The Morgan fingerprint density at radius 1 is 1.42 bits per heavy atom. The Morgan fingerprint density at radius 3 is 3.17 bits per heavy atom. The van der Waals surface area contributed by atoms with Crippen LogP contribution in [0.15, 0.2) is 24.7 Å². The molecule has 1 radical (unpaired) electrons. The summed E-state index contributed by atoms with van der Waals surface area (Å²) in [4.78, 5) is 8.44. The molecule has 0 bridgehead atoms. The maximum atomic E-state index is 4.23. The van der Waals surface area contributed by atoms with Crippen molar-refractivity contribution in [3.63, 3.8) is 0 Å². The number of aromatic nitrogens is 3. The first kappa shape index (κ1) is 7.28. The highest BCUT2D eigenvalue weighted by molar-refractivity contribution is 5.69. The van der Waals surface area contributed by atoms with Crippen LogP contribution in [0.1, 0.15) is 6.42 Å². The first-order chi connectivity index (χ1) is 5.92. The summed E-state index contributed by atoms with van der Waals surface area (Å²) in [7, 11) is 0. The third-order valence-electron chi connectivity index (χ3n) is 1.77. The van der Waals surface area contributed by atoms with Crippen LogP contribution in [0.2, 0.25) is 0 Å². The fourth-order valence-electron chi connectivity index (χ4n) is 1.23. The van der Waals surface area contributed by atoms with Gasteiger partial charge in [-0.05, 0) is 18.6 Å². The van der Waals surface area contributed by atoms with Gasteiger partial charge in [0.2, 0.25) is 0 Å². The molecule has 0 atom stereocenters. The van der Waals surface area contributed by atoms with Crippen LogP contribution in [0.5, 0.6) is 0 Å². The number of hydrogen-bond acceptors (Lipinski definition) is 2. The van der Waals surface area contributed by atoms with Crippen LogP contribution < -0.4 is 0 Å². The summed E-state index contributed by atoms with van der Waals surface area (Å²) in [6.07, 6.45) is 4.45. The van der Waals surface area contributed by atoms with Crippen LogP contribution in [0.25, 0.3) is 11.2 Å². The van der Waals surface area contributed by atoms with Gasteiger partial charge in [-0.15, -0.1) is 0 Å². The molecule has 2 aromatic rings. The normalized spacial score (nSPS) is 10.8. The molecule has 61 valence electrons. The van der Waals surface area contributed by atoms with Gasteiger partial charge < -0.3 is 4.57 Å². The molecule has 3 nitrogen and oxygen atoms in total. The van der Waals surface area contributed by atoms with Crippen molar-refractivity contribution < 1.29 is 0 Å². The molecule has 0 aromatic carbocycles. The molecule has 0 fully saturated rings. The van der Waals surface area contributed by atoms with Crippen molar-refractivity contribution in [1.29, 1.82) is 0 Å². The van der Waals surface area contributed by atoms with Gasteiger partial charge in [0, 0.05) is 12.7 Å². The van der Waals surface area contributed by atoms with E-state index in [0.717, 1.165) is 24.1 Å². The monoisotopic (exact) mass is 160 g/mol. The molecule has 0 aliphatic heterocycles. The topological polar surface area (TPSA) is 30.7 Å². The zero-order valence-electron chi connectivity index (χ0n) is 6.77. The summed E-state index contributed by atoms with van der Waals surface area (Å²) >= 11 is 0. The van der Waals surface area contributed by atoms with Crippen molar-refractivity contribution >= 4 is 11.2 Å². The lowest BCUT2D eigenvalue weighted by molar-refractivity contribution is 0.722. The maximum Gasteiger partial charge on any atom is 0.159 e. The van der Waals surface area contributed by atoms with Gasteiger partial charge in [0.15, 0.2) is 5.65 Å². The van der Waals surface area contributed by atoms with Crippen molar-refractivity contribution in [3.8, 4) is 0 Å². The van der Waals surface area contributed by atoms with E-state index in [4.69, 9.17) is 0 Å². The van der Waals surface area contributed by atoms with E-state index in [0.29, 0.717) is 0 Å². The number of rotatable bonds is 2. The predicted molar refractivity (Wildman–Crippen MR) is 47.5 cm³/mol. The number of hydrogen-bond donors (Lipinski definition) is 0. The van der Waals surface area contributed by atoms with Crippen LogP contribution in [0.3, 0.4) is 0 Å². The average Bonchev–Trinajstić information content (AvgIpc) is 2.50. The quantitative estimate of drug-likeness (QED) is 0.668. The third kappa shape index (κ3) is 1.07. The minimum absolute atomic E-state index is 0.863. The first-order valence-corrected chi connectivity index (χ1v) is 3.97. The highest BCUT2D eigenvalue weighted by atomic mass is 15.1. The van der Waals surface area contributed by atoms with E-state index in [1.165, 1.54) is 0 Å². The summed E-state index contributed by atoms with van der Waals surface area (Å²) in [5, 5.41) is 0. The van der Waals surface area contributed by atoms with Crippen molar-refractivity contribution in [1.82, 2.24) is 14.5 Å². The number of pyridine rings is 1. The zero-order valence-corrected chi connectivity index (χ0v) is 6.77. The first-order valence-electron chi connectivity index (χ1n) is 3.97. The molecule has 0 amide bonds. The minimum atomic E-state index is 0.863. The van der Waals surface area contributed by atoms with Crippen molar-refractivity contribution in [2.45, 2.75) is 13.0 Å². The number of imidazole rings is 1. The summed E-state index contributed by atoms with van der Waals surface area (Å²) in [6, 6.07) is 3.85. The van der Waals surface area contributed by atoms with Crippen molar-refractivity contribution in [2.24, 2.45) is 0 Å². The van der Waals surface area contributed by atoms with Gasteiger partial charge in [0.05, 0.1) is 6.33 Å². The van der Waals surface area contributed by atoms with Crippen molar-refractivity contribution in [3.05, 3.63) is 31.6 Å². The summed E-state index contributed by atoms with van der Waals surface area (Å²) in [5.41, 5.74) is 1.90. The fraction of sp³-hybridized carbons (Fsp3) is 0.222.